The smallest absolute Gasteiger partial charge is 0.115 e. The summed E-state index contributed by atoms with van der Waals surface area (Å²) in [5.41, 5.74) is 7.35. The summed E-state index contributed by atoms with van der Waals surface area (Å²) in [7, 11) is 0. The fourth-order valence-electron chi connectivity index (χ4n) is 2.04. The summed E-state index contributed by atoms with van der Waals surface area (Å²) in [4.78, 5) is 2.33. The number of hydrogen-bond donors (Lipinski definition) is 2. The number of aromatic hydroxyl groups is 1. The first-order chi connectivity index (χ1) is 7.11. The molecule has 1 aromatic carbocycles. The fraction of sp³-hybridized carbons (Fsp3) is 0.500. The van der Waals surface area contributed by atoms with Crippen molar-refractivity contribution in [3.05, 3.63) is 29.8 Å². The summed E-state index contributed by atoms with van der Waals surface area (Å²) in [6, 6.07) is 7.37. The van der Waals surface area contributed by atoms with Gasteiger partial charge >= 0.3 is 0 Å². The highest BCUT2D eigenvalue weighted by atomic mass is 16.3. The third kappa shape index (κ3) is 2.30. The average molecular weight is 206 g/mol. The maximum absolute atomic E-state index is 9.15. The van der Waals surface area contributed by atoms with E-state index < -0.39 is 0 Å². The van der Waals surface area contributed by atoms with E-state index in [0.29, 0.717) is 5.75 Å². The number of phenols is 1. The minimum atomic E-state index is 0.0386. The van der Waals surface area contributed by atoms with E-state index in [-0.39, 0.29) is 5.54 Å². The van der Waals surface area contributed by atoms with E-state index in [9.17, 15) is 0 Å². The van der Waals surface area contributed by atoms with Crippen LogP contribution in [0, 0.1) is 0 Å². The van der Waals surface area contributed by atoms with Crippen LogP contribution in [0.3, 0.4) is 0 Å². The van der Waals surface area contributed by atoms with Crippen LogP contribution >= 0.6 is 0 Å². The van der Waals surface area contributed by atoms with Crippen molar-refractivity contribution >= 4 is 0 Å². The monoisotopic (exact) mass is 206 g/mol. The lowest BCUT2D eigenvalue weighted by molar-refractivity contribution is 0.0607. The van der Waals surface area contributed by atoms with Crippen LogP contribution in [0.4, 0.5) is 0 Å². The van der Waals surface area contributed by atoms with Crippen molar-refractivity contribution in [2.24, 2.45) is 5.73 Å². The van der Waals surface area contributed by atoms with Crippen molar-refractivity contribution in [3.63, 3.8) is 0 Å². The molecule has 0 radical (unpaired) electrons. The Labute approximate surface area is 90.5 Å². The molecule has 3 N–H and O–H groups in total. The third-order valence-corrected chi connectivity index (χ3v) is 3.12. The Balaban J connectivity index is 1.87. The number of nitrogens with zero attached hydrogens (tertiary/aromatic N) is 1. The predicted molar refractivity (Wildman–Crippen MR) is 60.6 cm³/mol. The van der Waals surface area contributed by atoms with Crippen LogP contribution in [-0.2, 0) is 6.54 Å². The summed E-state index contributed by atoms with van der Waals surface area (Å²) < 4.78 is 0. The van der Waals surface area contributed by atoms with Crippen LogP contribution in [-0.4, -0.2) is 28.6 Å². The van der Waals surface area contributed by atoms with Gasteiger partial charge in [0.25, 0.3) is 0 Å². The number of phenolic OH excluding ortho intramolecular Hbond substituents is 1. The van der Waals surface area contributed by atoms with Gasteiger partial charge in [-0.2, -0.15) is 0 Å². The fourth-order valence-corrected chi connectivity index (χ4v) is 2.04. The third-order valence-electron chi connectivity index (χ3n) is 3.12. The van der Waals surface area contributed by atoms with Crippen molar-refractivity contribution in [1.82, 2.24) is 4.90 Å². The molecule has 1 saturated heterocycles. The SMILES string of the molecule is CCC1(N)CN(Cc2ccc(O)cc2)C1. The van der Waals surface area contributed by atoms with Crippen LogP contribution in [0.5, 0.6) is 5.75 Å². The molecule has 1 aromatic rings. The molecule has 2 rings (SSSR count). The number of likely N-dealkylation sites (tertiary alicyclic amines) is 1. The van der Waals surface area contributed by atoms with Gasteiger partial charge in [-0.15, -0.1) is 0 Å². The van der Waals surface area contributed by atoms with Gasteiger partial charge in [0.1, 0.15) is 5.75 Å². The van der Waals surface area contributed by atoms with Gasteiger partial charge in [-0.25, -0.2) is 0 Å². The zero-order valence-corrected chi connectivity index (χ0v) is 9.11. The largest absolute Gasteiger partial charge is 0.508 e. The topological polar surface area (TPSA) is 49.5 Å². The Hall–Kier alpha value is -1.06. The summed E-state index contributed by atoms with van der Waals surface area (Å²) >= 11 is 0. The minimum absolute atomic E-state index is 0.0386. The molecular weight excluding hydrogens is 188 g/mol. The number of rotatable bonds is 3. The van der Waals surface area contributed by atoms with Crippen LogP contribution in [0.15, 0.2) is 24.3 Å². The van der Waals surface area contributed by atoms with Gasteiger partial charge in [0.2, 0.25) is 0 Å². The molecule has 0 unspecified atom stereocenters. The van der Waals surface area contributed by atoms with Crippen molar-refractivity contribution < 1.29 is 5.11 Å². The molecular formula is C12H18N2O. The summed E-state index contributed by atoms with van der Waals surface area (Å²) in [5.74, 6) is 0.323. The van der Waals surface area contributed by atoms with E-state index in [2.05, 4.69) is 11.8 Å². The molecule has 1 heterocycles. The normalized spacial score (nSPS) is 19.9. The van der Waals surface area contributed by atoms with Gasteiger partial charge < -0.3 is 10.8 Å². The highest BCUT2D eigenvalue weighted by Gasteiger charge is 2.37. The molecule has 82 valence electrons. The zero-order valence-electron chi connectivity index (χ0n) is 9.11. The highest BCUT2D eigenvalue weighted by Crippen LogP contribution is 2.23. The van der Waals surface area contributed by atoms with Crippen molar-refractivity contribution in [1.29, 1.82) is 0 Å². The molecule has 15 heavy (non-hydrogen) atoms. The number of nitrogens with two attached hydrogens (primary N) is 1. The lowest BCUT2D eigenvalue weighted by Gasteiger charge is -2.47. The lowest BCUT2D eigenvalue weighted by Crippen LogP contribution is -2.66. The maximum Gasteiger partial charge on any atom is 0.115 e. The summed E-state index contributed by atoms with van der Waals surface area (Å²) in [5, 5.41) is 9.15. The molecule has 0 aromatic heterocycles. The average Bonchev–Trinajstić information content (AvgIpc) is 2.19. The molecule has 1 aliphatic heterocycles. The Morgan fingerprint density at radius 3 is 2.47 bits per heavy atom. The van der Waals surface area contributed by atoms with Crippen LogP contribution < -0.4 is 5.73 Å². The quantitative estimate of drug-likeness (QED) is 0.784. The Bertz CT molecular complexity index is 328. The van der Waals surface area contributed by atoms with Gasteiger partial charge in [-0.3, -0.25) is 4.90 Å². The first kappa shape index (κ1) is 10.5. The minimum Gasteiger partial charge on any atom is -0.508 e. The van der Waals surface area contributed by atoms with Gasteiger partial charge in [0.05, 0.1) is 0 Å². The zero-order chi connectivity index (χ0) is 10.9. The Morgan fingerprint density at radius 2 is 1.93 bits per heavy atom. The van der Waals surface area contributed by atoms with Crippen LogP contribution in [0.25, 0.3) is 0 Å². The number of hydrogen-bond acceptors (Lipinski definition) is 3. The van der Waals surface area contributed by atoms with Gasteiger partial charge in [-0.05, 0) is 24.1 Å². The molecule has 0 amide bonds. The van der Waals surface area contributed by atoms with Crippen LogP contribution in [0.1, 0.15) is 18.9 Å². The van der Waals surface area contributed by atoms with Crippen molar-refractivity contribution in [3.8, 4) is 5.75 Å². The number of benzene rings is 1. The van der Waals surface area contributed by atoms with E-state index in [1.165, 1.54) is 5.56 Å². The molecule has 0 saturated carbocycles. The van der Waals surface area contributed by atoms with E-state index in [4.69, 9.17) is 10.8 Å². The molecule has 0 spiro atoms. The molecule has 1 fully saturated rings. The standard InChI is InChI=1S/C12H18N2O/c1-2-12(13)8-14(9-12)7-10-3-5-11(15)6-4-10/h3-6,15H,2,7-9,13H2,1H3. The van der Waals surface area contributed by atoms with Gasteiger partial charge in [-0.1, -0.05) is 19.1 Å². The van der Waals surface area contributed by atoms with Crippen molar-refractivity contribution in [2.45, 2.75) is 25.4 Å². The van der Waals surface area contributed by atoms with Crippen molar-refractivity contribution in [2.75, 3.05) is 13.1 Å². The summed E-state index contributed by atoms with van der Waals surface area (Å²) in [6.07, 6.45) is 1.04. The second-order valence-corrected chi connectivity index (χ2v) is 4.53. The van der Waals surface area contributed by atoms with Crippen LogP contribution in [0.2, 0.25) is 0 Å². The highest BCUT2D eigenvalue weighted by molar-refractivity contribution is 5.26. The first-order valence-corrected chi connectivity index (χ1v) is 5.40. The van der Waals surface area contributed by atoms with Gasteiger partial charge in [0.15, 0.2) is 0 Å². The van der Waals surface area contributed by atoms with Gasteiger partial charge in [0, 0.05) is 25.2 Å². The molecule has 3 heteroatoms. The van der Waals surface area contributed by atoms with E-state index in [1.54, 1.807) is 12.1 Å². The van der Waals surface area contributed by atoms with E-state index in [1.807, 2.05) is 12.1 Å². The van der Waals surface area contributed by atoms with E-state index in [0.717, 1.165) is 26.1 Å². The maximum atomic E-state index is 9.15. The molecule has 0 atom stereocenters. The second kappa shape index (κ2) is 3.83. The molecule has 0 aliphatic carbocycles. The Kier molecular flexibility index (Phi) is 2.67. The Morgan fingerprint density at radius 1 is 1.33 bits per heavy atom. The first-order valence-electron chi connectivity index (χ1n) is 5.40. The second-order valence-electron chi connectivity index (χ2n) is 4.53. The predicted octanol–water partition coefficient (Wildman–Crippen LogP) is 1.32. The summed E-state index contributed by atoms with van der Waals surface area (Å²) in [6.45, 7) is 5.02. The molecule has 3 nitrogen and oxygen atoms in total. The molecule has 0 bridgehead atoms. The van der Waals surface area contributed by atoms with E-state index >= 15 is 0 Å². The lowest BCUT2D eigenvalue weighted by atomic mass is 9.88. The molecule has 1 aliphatic rings.